The largest absolute Gasteiger partial charge is 0.357 e. The van der Waals surface area contributed by atoms with Crippen molar-refractivity contribution in [3.8, 4) is 0 Å². The molecule has 0 radical (unpaired) electrons. The lowest BCUT2D eigenvalue weighted by Gasteiger charge is -2.13. The predicted molar refractivity (Wildman–Crippen MR) is 67.7 cm³/mol. The third-order valence-electron chi connectivity index (χ3n) is 2.96. The molecule has 0 atom stereocenters. The fourth-order valence-electron chi connectivity index (χ4n) is 2.11. The summed E-state index contributed by atoms with van der Waals surface area (Å²) in [7, 11) is 0. The second-order valence-corrected chi connectivity index (χ2v) is 4.17. The van der Waals surface area contributed by atoms with Crippen molar-refractivity contribution in [3.63, 3.8) is 0 Å². The van der Waals surface area contributed by atoms with Crippen molar-refractivity contribution in [3.05, 3.63) is 48.0 Å². The predicted octanol–water partition coefficient (Wildman–Crippen LogP) is 2.68. The Kier molecular flexibility index (Phi) is 2.33. The molecule has 3 rings (SSSR count). The SMILES string of the molecule is C1=NCCN1Cc1ccc2ccccc2c1. The zero-order chi connectivity index (χ0) is 10.8. The molecular formula is C14H14N2. The Morgan fingerprint density at radius 3 is 2.75 bits per heavy atom. The number of hydrogen-bond acceptors (Lipinski definition) is 2. The number of fused-ring (bicyclic) bond motifs is 1. The summed E-state index contributed by atoms with van der Waals surface area (Å²) in [4.78, 5) is 6.48. The van der Waals surface area contributed by atoms with E-state index in [9.17, 15) is 0 Å². The van der Waals surface area contributed by atoms with Crippen LogP contribution in [0.25, 0.3) is 10.8 Å². The van der Waals surface area contributed by atoms with Gasteiger partial charge in [0.05, 0.1) is 12.9 Å². The second-order valence-electron chi connectivity index (χ2n) is 4.17. The highest BCUT2D eigenvalue weighted by atomic mass is 15.2. The van der Waals surface area contributed by atoms with Gasteiger partial charge in [-0.2, -0.15) is 0 Å². The lowest BCUT2D eigenvalue weighted by Crippen LogP contribution is -2.18. The van der Waals surface area contributed by atoms with E-state index in [2.05, 4.69) is 52.4 Å². The van der Waals surface area contributed by atoms with Gasteiger partial charge in [0.2, 0.25) is 0 Å². The Bertz CT molecular complexity index is 531. The van der Waals surface area contributed by atoms with E-state index in [1.807, 2.05) is 6.34 Å². The van der Waals surface area contributed by atoms with Crippen molar-refractivity contribution in [1.82, 2.24) is 4.90 Å². The van der Waals surface area contributed by atoms with Gasteiger partial charge in [-0.15, -0.1) is 0 Å². The monoisotopic (exact) mass is 210 g/mol. The fraction of sp³-hybridized carbons (Fsp3) is 0.214. The molecule has 1 aliphatic rings. The fourth-order valence-corrected chi connectivity index (χ4v) is 2.11. The van der Waals surface area contributed by atoms with E-state index in [0.29, 0.717) is 0 Å². The maximum absolute atomic E-state index is 4.22. The van der Waals surface area contributed by atoms with Crippen LogP contribution in [-0.4, -0.2) is 24.3 Å². The molecule has 0 aliphatic carbocycles. The molecule has 0 saturated carbocycles. The minimum atomic E-state index is 0.938. The molecule has 0 N–H and O–H groups in total. The Balaban J connectivity index is 1.89. The highest BCUT2D eigenvalue weighted by Crippen LogP contribution is 2.16. The first-order valence-electron chi connectivity index (χ1n) is 5.63. The van der Waals surface area contributed by atoms with E-state index >= 15 is 0 Å². The van der Waals surface area contributed by atoms with Crippen LogP contribution in [0.3, 0.4) is 0 Å². The van der Waals surface area contributed by atoms with Gasteiger partial charge in [0.15, 0.2) is 0 Å². The Morgan fingerprint density at radius 2 is 1.94 bits per heavy atom. The molecule has 2 heteroatoms. The van der Waals surface area contributed by atoms with Crippen LogP contribution in [0.5, 0.6) is 0 Å². The molecule has 0 spiro atoms. The maximum atomic E-state index is 4.22. The van der Waals surface area contributed by atoms with Crippen molar-refractivity contribution in [2.75, 3.05) is 13.1 Å². The Labute approximate surface area is 95.2 Å². The summed E-state index contributed by atoms with van der Waals surface area (Å²) in [6.07, 6.45) is 1.95. The molecule has 80 valence electrons. The summed E-state index contributed by atoms with van der Waals surface area (Å²) in [5, 5.41) is 2.62. The highest BCUT2D eigenvalue weighted by Gasteiger charge is 2.05. The van der Waals surface area contributed by atoms with Gasteiger partial charge >= 0.3 is 0 Å². The molecule has 0 fully saturated rings. The number of rotatable bonds is 2. The van der Waals surface area contributed by atoms with Gasteiger partial charge in [-0.1, -0.05) is 36.4 Å². The van der Waals surface area contributed by atoms with Crippen molar-refractivity contribution < 1.29 is 0 Å². The summed E-state index contributed by atoms with van der Waals surface area (Å²) in [6.45, 7) is 2.95. The molecule has 1 heterocycles. The Hall–Kier alpha value is -1.83. The summed E-state index contributed by atoms with van der Waals surface area (Å²) < 4.78 is 0. The van der Waals surface area contributed by atoms with Crippen molar-refractivity contribution in [2.45, 2.75) is 6.54 Å². The topological polar surface area (TPSA) is 15.6 Å². The van der Waals surface area contributed by atoms with E-state index in [1.165, 1.54) is 16.3 Å². The summed E-state index contributed by atoms with van der Waals surface area (Å²) in [5.74, 6) is 0. The van der Waals surface area contributed by atoms with Crippen LogP contribution in [0.4, 0.5) is 0 Å². The van der Waals surface area contributed by atoms with Gasteiger partial charge in [-0.3, -0.25) is 4.99 Å². The van der Waals surface area contributed by atoms with E-state index < -0.39 is 0 Å². The molecule has 0 amide bonds. The van der Waals surface area contributed by atoms with Crippen LogP contribution < -0.4 is 0 Å². The van der Waals surface area contributed by atoms with E-state index in [1.54, 1.807) is 0 Å². The number of aliphatic imine (C=N–C) groups is 1. The molecule has 2 aromatic carbocycles. The van der Waals surface area contributed by atoms with Gasteiger partial charge in [-0.25, -0.2) is 0 Å². The first kappa shape index (κ1) is 9.40. The van der Waals surface area contributed by atoms with E-state index in [0.717, 1.165) is 19.6 Å². The molecule has 2 aromatic rings. The lowest BCUT2D eigenvalue weighted by molar-refractivity contribution is 0.463. The van der Waals surface area contributed by atoms with Gasteiger partial charge in [0.25, 0.3) is 0 Å². The number of hydrogen-bond donors (Lipinski definition) is 0. The molecule has 0 aromatic heterocycles. The normalized spacial score (nSPS) is 14.9. The third kappa shape index (κ3) is 1.78. The van der Waals surface area contributed by atoms with E-state index in [-0.39, 0.29) is 0 Å². The number of benzene rings is 2. The molecule has 2 nitrogen and oxygen atoms in total. The minimum absolute atomic E-state index is 0.938. The van der Waals surface area contributed by atoms with E-state index in [4.69, 9.17) is 0 Å². The van der Waals surface area contributed by atoms with Crippen LogP contribution in [0.2, 0.25) is 0 Å². The number of nitrogens with zero attached hydrogens (tertiary/aromatic N) is 2. The lowest BCUT2D eigenvalue weighted by atomic mass is 10.1. The summed E-state index contributed by atoms with van der Waals surface area (Å²) in [6, 6.07) is 15.1. The molecule has 0 bridgehead atoms. The van der Waals surface area contributed by atoms with Crippen LogP contribution in [-0.2, 0) is 6.54 Å². The molecular weight excluding hydrogens is 196 g/mol. The zero-order valence-corrected chi connectivity index (χ0v) is 9.13. The van der Waals surface area contributed by atoms with Gasteiger partial charge in [-0.05, 0) is 22.4 Å². The zero-order valence-electron chi connectivity index (χ0n) is 9.13. The van der Waals surface area contributed by atoms with Crippen LogP contribution in [0.15, 0.2) is 47.5 Å². The summed E-state index contributed by atoms with van der Waals surface area (Å²) >= 11 is 0. The average molecular weight is 210 g/mol. The Morgan fingerprint density at radius 1 is 1.06 bits per heavy atom. The average Bonchev–Trinajstić information content (AvgIpc) is 2.82. The molecule has 1 aliphatic heterocycles. The standard InChI is InChI=1S/C14H14N2/c1-2-4-14-9-12(5-6-13(14)3-1)10-16-8-7-15-11-16/h1-6,9,11H,7-8,10H2. The maximum Gasteiger partial charge on any atom is 0.0854 e. The minimum Gasteiger partial charge on any atom is -0.357 e. The smallest absolute Gasteiger partial charge is 0.0854 e. The second kappa shape index (κ2) is 3.97. The van der Waals surface area contributed by atoms with Crippen molar-refractivity contribution >= 4 is 17.1 Å². The molecule has 0 unspecified atom stereocenters. The van der Waals surface area contributed by atoms with Gasteiger partial charge in [0, 0.05) is 13.1 Å². The third-order valence-corrected chi connectivity index (χ3v) is 2.96. The molecule has 0 saturated heterocycles. The van der Waals surface area contributed by atoms with Crippen LogP contribution >= 0.6 is 0 Å². The van der Waals surface area contributed by atoms with Crippen LogP contribution in [0, 0.1) is 0 Å². The van der Waals surface area contributed by atoms with Crippen molar-refractivity contribution in [1.29, 1.82) is 0 Å². The van der Waals surface area contributed by atoms with Gasteiger partial charge < -0.3 is 4.90 Å². The first-order valence-corrected chi connectivity index (χ1v) is 5.63. The van der Waals surface area contributed by atoms with Crippen LogP contribution in [0.1, 0.15) is 5.56 Å². The first-order chi connectivity index (χ1) is 7.92. The van der Waals surface area contributed by atoms with Crippen molar-refractivity contribution in [2.24, 2.45) is 4.99 Å². The quantitative estimate of drug-likeness (QED) is 0.744. The van der Waals surface area contributed by atoms with Gasteiger partial charge in [0.1, 0.15) is 0 Å². The summed E-state index contributed by atoms with van der Waals surface area (Å²) in [5.41, 5.74) is 1.35. The highest BCUT2D eigenvalue weighted by molar-refractivity contribution is 5.83. The molecule has 16 heavy (non-hydrogen) atoms.